The van der Waals surface area contributed by atoms with Gasteiger partial charge in [0.1, 0.15) is 5.82 Å². The molecule has 3 N–H and O–H groups in total. The maximum atomic E-state index is 13.3. The molecule has 2 heterocycles. The molecule has 1 fully saturated rings. The lowest BCUT2D eigenvalue weighted by Crippen LogP contribution is -2.38. The molecule has 0 spiro atoms. The van der Waals surface area contributed by atoms with Crippen LogP contribution in [0.25, 0.3) is 10.9 Å². The van der Waals surface area contributed by atoms with Gasteiger partial charge in [-0.3, -0.25) is 4.99 Å². The number of fused-ring (bicyclic) bond motifs is 1. The number of aromatic amines is 1. The first kappa shape index (κ1) is 22.9. The van der Waals surface area contributed by atoms with Crippen molar-refractivity contribution >= 4 is 40.8 Å². The molecule has 1 saturated heterocycles. The molecule has 0 bridgehead atoms. The fourth-order valence-electron chi connectivity index (χ4n) is 3.73. The van der Waals surface area contributed by atoms with E-state index in [1.165, 1.54) is 44.0 Å². The summed E-state index contributed by atoms with van der Waals surface area (Å²) < 4.78 is 13.3. The predicted molar refractivity (Wildman–Crippen MR) is 126 cm³/mol. The third kappa shape index (κ3) is 6.62. The minimum Gasteiger partial charge on any atom is -0.361 e. The number of halogens is 2. The van der Waals surface area contributed by atoms with Crippen LogP contribution in [0.3, 0.4) is 0 Å². The molecule has 1 aliphatic heterocycles. The van der Waals surface area contributed by atoms with Gasteiger partial charge in [-0.2, -0.15) is 0 Å². The molecule has 7 heteroatoms. The fraction of sp³-hybridized carbons (Fsp3) is 0.571. The van der Waals surface area contributed by atoms with Crippen LogP contribution in [-0.2, 0) is 6.42 Å². The number of H-pyrrole nitrogens is 1. The van der Waals surface area contributed by atoms with Gasteiger partial charge in [0.25, 0.3) is 0 Å². The van der Waals surface area contributed by atoms with E-state index in [1.54, 1.807) is 6.07 Å². The zero-order chi connectivity index (χ0) is 19.1. The predicted octanol–water partition coefficient (Wildman–Crippen LogP) is 3.75. The van der Waals surface area contributed by atoms with Crippen LogP contribution in [0, 0.1) is 11.7 Å². The molecule has 3 rings (SSSR count). The molecule has 0 aliphatic carbocycles. The number of aliphatic imine (C=N–C) groups is 1. The Morgan fingerprint density at radius 3 is 2.82 bits per heavy atom. The van der Waals surface area contributed by atoms with Gasteiger partial charge in [0.2, 0.25) is 0 Å². The number of hydrogen-bond donors (Lipinski definition) is 3. The first-order valence-corrected chi connectivity index (χ1v) is 10.1. The van der Waals surface area contributed by atoms with Crippen molar-refractivity contribution in [2.75, 3.05) is 39.8 Å². The summed E-state index contributed by atoms with van der Waals surface area (Å²) in [5, 5.41) is 7.83. The third-order valence-corrected chi connectivity index (χ3v) is 5.41. The van der Waals surface area contributed by atoms with Crippen molar-refractivity contribution < 1.29 is 4.39 Å². The van der Waals surface area contributed by atoms with E-state index in [2.05, 4.69) is 34.5 Å². The first-order chi connectivity index (χ1) is 13.2. The molecule has 1 aromatic carbocycles. The number of nitrogens with one attached hydrogen (secondary N) is 3. The summed E-state index contributed by atoms with van der Waals surface area (Å²) in [6.45, 7) is 7.03. The van der Waals surface area contributed by atoms with E-state index < -0.39 is 0 Å². The van der Waals surface area contributed by atoms with Crippen molar-refractivity contribution in [3.8, 4) is 0 Å². The van der Waals surface area contributed by atoms with Gasteiger partial charge in [0.15, 0.2) is 5.96 Å². The summed E-state index contributed by atoms with van der Waals surface area (Å²) in [6, 6.07) is 4.90. The zero-order valence-corrected chi connectivity index (χ0v) is 19.3. The Balaban J connectivity index is 0.00000280. The molecule has 1 aliphatic rings. The molecular formula is C21H33FIN5. The van der Waals surface area contributed by atoms with Crippen LogP contribution >= 0.6 is 24.0 Å². The standard InChI is InChI=1S/C21H32FN5.HI/c1-3-23-21(24-10-6-16-8-12-27(2)13-9-16)25-11-7-17-15-26-20-14-18(22)4-5-19(17)20;/h4-5,14-16,26H,3,6-13H2,1-2H3,(H2,23,24,25);1H. The van der Waals surface area contributed by atoms with Crippen molar-refractivity contribution in [1.82, 2.24) is 20.5 Å². The highest BCUT2D eigenvalue weighted by Gasteiger charge is 2.15. The number of aromatic nitrogens is 1. The van der Waals surface area contributed by atoms with Gasteiger partial charge in [-0.1, -0.05) is 0 Å². The quantitative estimate of drug-likeness (QED) is 0.308. The molecular weight excluding hydrogens is 468 g/mol. The van der Waals surface area contributed by atoms with Gasteiger partial charge in [-0.25, -0.2) is 4.39 Å². The molecule has 0 amide bonds. The molecule has 156 valence electrons. The van der Waals surface area contributed by atoms with Gasteiger partial charge in [-0.05, 0) is 82.4 Å². The van der Waals surface area contributed by atoms with Crippen LogP contribution in [0.15, 0.2) is 29.4 Å². The van der Waals surface area contributed by atoms with Crippen molar-refractivity contribution in [2.24, 2.45) is 10.9 Å². The zero-order valence-electron chi connectivity index (χ0n) is 16.9. The SMILES string of the molecule is CCNC(=NCCC1CCN(C)CC1)NCCc1c[nH]c2cc(F)ccc12.I. The maximum absolute atomic E-state index is 13.3. The third-order valence-electron chi connectivity index (χ3n) is 5.41. The van der Waals surface area contributed by atoms with Crippen molar-refractivity contribution in [1.29, 1.82) is 0 Å². The Morgan fingerprint density at radius 2 is 2.07 bits per heavy atom. The highest BCUT2D eigenvalue weighted by Crippen LogP contribution is 2.20. The van der Waals surface area contributed by atoms with Crippen LogP contribution in [0.4, 0.5) is 4.39 Å². The maximum Gasteiger partial charge on any atom is 0.191 e. The van der Waals surface area contributed by atoms with Crippen molar-refractivity contribution in [2.45, 2.75) is 32.6 Å². The first-order valence-electron chi connectivity index (χ1n) is 10.1. The van der Waals surface area contributed by atoms with Crippen LogP contribution in [-0.4, -0.2) is 55.6 Å². The van der Waals surface area contributed by atoms with Gasteiger partial charge >= 0.3 is 0 Å². The average molecular weight is 501 g/mol. The summed E-state index contributed by atoms with van der Waals surface area (Å²) in [5.74, 6) is 1.48. The summed E-state index contributed by atoms with van der Waals surface area (Å²) in [7, 11) is 2.20. The molecule has 0 radical (unpaired) electrons. The van der Waals surface area contributed by atoms with E-state index >= 15 is 0 Å². The van der Waals surface area contributed by atoms with Crippen molar-refractivity contribution in [3.05, 3.63) is 35.8 Å². The number of nitrogens with zero attached hydrogens (tertiary/aromatic N) is 2. The second-order valence-corrected chi connectivity index (χ2v) is 7.48. The number of piperidine rings is 1. The smallest absolute Gasteiger partial charge is 0.191 e. The van der Waals surface area contributed by atoms with E-state index in [0.717, 1.165) is 48.8 Å². The van der Waals surface area contributed by atoms with E-state index in [4.69, 9.17) is 4.99 Å². The molecule has 28 heavy (non-hydrogen) atoms. The van der Waals surface area contributed by atoms with E-state index in [9.17, 15) is 4.39 Å². The number of guanidine groups is 1. The van der Waals surface area contributed by atoms with Crippen LogP contribution in [0.1, 0.15) is 31.7 Å². The van der Waals surface area contributed by atoms with E-state index in [1.807, 2.05) is 12.3 Å². The monoisotopic (exact) mass is 501 g/mol. The number of benzene rings is 1. The second-order valence-electron chi connectivity index (χ2n) is 7.48. The Bertz CT molecular complexity index is 752. The van der Waals surface area contributed by atoms with Gasteiger partial charge in [0.05, 0.1) is 0 Å². The summed E-state index contributed by atoms with van der Waals surface area (Å²) in [5.41, 5.74) is 2.04. The Kier molecular flexibility index (Phi) is 9.50. The molecule has 5 nitrogen and oxygen atoms in total. The number of hydrogen-bond acceptors (Lipinski definition) is 2. The second kappa shape index (κ2) is 11.6. The fourth-order valence-corrected chi connectivity index (χ4v) is 3.73. The normalized spacial score (nSPS) is 16.2. The lowest BCUT2D eigenvalue weighted by molar-refractivity contribution is 0.214. The highest BCUT2D eigenvalue weighted by molar-refractivity contribution is 14.0. The van der Waals surface area contributed by atoms with Gasteiger partial charge in [-0.15, -0.1) is 24.0 Å². The molecule has 1 aromatic heterocycles. The highest BCUT2D eigenvalue weighted by atomic mass is 127. The Morgan fingerprint density at radius 1 is 1.29 bits per heavy atom. The molecule has 0 atom stereocenters. The topological polar surface area (TPSA) is 55.5 Å². The molecule has 0 unspecified atom stereocenters. The summed E-state index contributed by atoms with van der Waals surface area (Å²) in [4.78, 5) is 10.3. The van der Waals surface area contributed by atoms with E-state index in [0.29, 0.717) is 0 Å². The lowest BCUT2D eigenvalue weighted by atomic mass is 9.94. The Hall–Kier alpha value is -1.35. The number of rotatable bonds is 7. The van der Waals surface area contributed by atoms with Gasteiger partial charge < -0.3 is 20.5 Å². The largest absolute Gasteiger partial charge is 0.361 e. The van der Waals surface area contributed by atoms with Crippen LogP contribution < -0.4 is 10.6 Å². The van der Waals surface area contributed by atoms with Crippen LogP contribution in [0.5, 0.6) is 0 Å². The minimum absolute atomic E-state index is 0. The minimum atomic E-state index is -0.208. The number of likely N-dealkylation sites (tertiary alicyclic amines) is 1. The summed E-state index contributed by atoms with van der Waals surface area (Å²) >= 11 is 0. The van der Waals surface area contributed by atoms with Gasteiger partial charge in [0, 0.05) is 36.7 Å². The van der Waals surface area contributed by atoms with E-state index in [-0.39, 0.29) is 29.8 Å². The van der Waals surface area contributed by atoms with Crippen molar-refractivity contribution in [3.63, 3.8) is 0 Å². The van der Waals surface area contributed by atoms with Crippen LogP contribution in [0.2, 0.25) is 0 Å². The molecule has 0 saturated carbocycles. The molecule has 2 aromatic rings. The average Bonchev–Trinajstić information content (AvgIpc) is 3.05. The lowest BCUT2D eigenvalue weighted by Gasteiger charge is -2.28. The Labute approximate surface area is 184 Å². The summed E-state index contributed by atoms with van der Waals surface area (Å²) in [6.07, 6.45) is 6.58.